The zero-order valence-corrected chi connectivity index (χ0v) is 31.2. The number of amides is 5. The van der Waals surface area contributed by atoms with Gasteiger partial charge in [0.1, 0.15) is 5.69 Å². The van der Waals surface area contributed by atoms with Gasteiger partial charge in [-0.1, -0.05) is 86.7 Å². The highest BCUT2D eigenvalue weighted by Crippen LogP contribution is 2.41. The summed E-state index contributed by atoms with van der Waals surface area (Å²) >= 11 is 0. The van der Waals surface area contributed by atoms with Gasteiger partial charge in [0.05, 0.1) is 32.3 Å². The van der Waals surface area contributed by atoms with Crippen molar-refractivity contribution in [3.8, 4) is 22.5 Å². The van der Waals surface area contributed by atoms with Crippen LogP contribution in [0.3, 0.4) is 0 Å². The number of aromatic nitrogens is 3. The monoisotopic (exact) mass is 724 g/mol. The maximum atomic E-state index is 13.8. The molecule has 13 nitrogen and oxygen atoms in total. The van der Waals surface area contributed by atoms with Crippen LogP contribution in [0.25, 0.3) is 22.5 Å². The molecule has 1 aliphatic rings. The van der Waals surface area contributed by atoms with E-state index in [1.165, 1.54) is 31.2 Å². The largest absolute Gasteiger partial charge is 0.358 e. The molecular weight excluding hydrogens is 671 g/mol. The summed E-state index contributed by atoms with van der Waals surface area (Å²) in [6.45, 7) is 4.05. The van der Waals surface area contributed by atoms with Crippen LogP contribution in [0.2, 0.25) is 6.32 Å². The maximum absolute atomic E-state index is 13.8. The first-order chi connectivity index (χ1) is 25.8. The first kappa shape index (κ1) is 40.8. The minimum absolute atomic E-state index is 0.0970. The van der Waals surface area contributed by atoms with E-state index in [4.69, 9.17) is 7.85 Å². The quantitative estimate of drug-likeness (QED) is 0.110. The van der Waals surface area contributed by atoms with Gasteiger partial charge in [-0.3, -0.25) is 24.0 Å². The predicted octanol–water partition coefficient (Wildman–Crippen LogP) is 4.16. The molecule has 282 valence electrons. The number of likely N-dealkylation sites (N-methyl/N-ethyl adjacent to an activating group) is 1. The summed E-state index contributed by atoms with van der Waals surface area (Å²) in [5.74, 6) is -1.03. The van der Waals surface area contributed by atoms with Crippen LogP contribution in [0.1, 0.15) is 83.1 Å². The van der Waals surface area contributed by atoms with Crippen molar-refractivity contribution in [2.75, 3.05) is 38.1 Å². The molecule has 5 amide bonds. The molecule has 3 aromatic rings. The normalized spacial score (nSPS) is 11.7. The average molecular weight is 725 g/mol. The summed E-state index contributed by atoms with van der Waals surface area (Å²) in [5.41, 5.74) is 4.99. The highest BCUT2D eigenvalue weighted by molar-refractivity contribution is 6.19. The second-order valence-corrected chi connectivity index (χ2v) is 13.3. The van der Waals surface area contributed by atoms with Crippen molar-refractivity contribution < 1.29 is 24.0 Å². The first-order valence-corrected chi connectivity index (χ1v) is 18.9. The number of hydrogen-bond acceptors (Lipinski definition) is 7. The summed E-state index contributed by atoms with van der Waals surface area (Å²) in [6.07, 6.45) is 8.15. The van der Waals surface area contributed by atoms with E-state index in [9.17, 15) is 24.0 Å². The summed E-state index contributed by atoms with van der Waals surface area (Å²) in [6, 6.07) is 15.7. The fourth-order valence-electron chi connectivity index (χ4n) is 6.41. The lowest BCUT2D eigenvalue weighted by molar-refractivity contribution is -0.134. The number of carbonyl (C=O) groups is 5. The van der Waals surface area contributed by atoms with Crippen molar-refractivity contribution in [2.45, 2.75) is 97.0 Å². The van der Waals surface area contributed by atoms with Crippen LogP contribution in [0.4, 0.5) is 5.69 Å². The number of rotatable bonds is 21. The van der Waals surface area contributed by atoms with Gasteiger partial charge in [-0.2, -0.15) is 0 Å². The van der Waals surface area contributed by atoms with Gasteiger partial charge in [0, 0.05) is 63.6 Å². The predicted molar refractivity (Wildman–Crippen MR) is 206 cm³/mol. The zero-order chi connectivity index (χ0) is 38.0. The van der Waals surface area contributed by atoms with E-state index in [-0.39, 0.29) is 68.3 Å². The number of fused-ring (bicyclic) bond motifs is 5. The Morgan fingerprint density at radius 2 is 1.49 bits per heavy atom. The third-order valence-corrected chi connectivity index (χ3v) is 9.37. The molecule has 0 aliphatic carbocycles. The standard InChI is InChI=1S/C39H53BN8O5/c1-3-4-5-6-13-22-42-34(50)20-21-36(52)47-27-29-15-9-10-16-30(29)39-38(31-17-11-12-18-32(31)47)44-45-48(39)24-14-7-8-19-33(49)43-23-25-46(37(53)26-40)28-35(51)41-2/h9-12,15-18H,3-8,13-14,19-28H2,1-2H3,(H,41,51)(H,42,50)(H,43,49). The summed E-state index contributed by atoms with van der Waals surface area (Å²) in [4.78, 5) is 65.7. The number of para-hydroxylation sites is 1. The summed E-state index contributed by atoms with van der Waals surface area (Å²) in [5, 5.41) is 17.5. The van der Waals surface area contributed by atoms with Crippen molar-refractivity contribution >= 4 is 43.1 Å². The lowest BCUT2D eigenvalue weighted by atomic mass is 9.95. The lowest BCUT2D eigenvalue weighted by Gasteiger charge is -2.28. The molecule has 1 aliphatic heterocycles. The molecule has 4 rings (SSSR count). The van der Waals surface area contributed by atoms with Crippen LogP contribution in [-0.2, 0) is 37.1 Å². The molecule has 3 N–H and O–H groups in total. The number of nitrogens with one attached hydrogen (secondary N) is 3. The molecule has 2 heterocycles. The molecule has 14 heteroatoms. The Morgan fingerprint density at radius 3 is 2.26 bits per heavy atom. The molecule has 0 saturated heterocycles. The Hall–Kier alpha value is -5.01. The average Bonchev–Trinajstić information content (AvgIpc) is 3.58. The van der Waals surface area contributed by atoms with E-state index < -0.39 is 0 Å². The smallest absolute Gasteiger partial charge is 0.239 e. The Balaban J connectivity index is 1.35. The Morgan fingerprint density at radius 1 is 0.792 bits per heavy atom. The molecule has 2 aromatic carbocycles. The van der Waals surface area contributed by atoms with Gasteiger partial charge in [-0.05, 0) is 37.2 Å². The number of benzene rings is 2. The fraction of sp³-hybridized carbons (Fsp3) is 0.513. The fourth-order valence-corrected chi connectivity index (χ4v) is 6.41. The second-order valence-electron chi connectivity index (χ2n) is 13.3. The van der Waals surface area contributed by atoms with E-state index in [1.807, 2.05) is 53.2 Å². The molecule has 0 fully saturated rings. The Bertz CT molecular complexity index is 1700. The number of hydrogen-bond donors (Lipinski definition) is 3. The summed E-state index contributed by atoms with van der Waals surface area (Å²) in [7, 11) is 6.95. The van der Waals surface area contributed by atoms with Gasteiger partial charge in [0.25, 0.3) is 0 Å². The van der Waals surface area contributed by atoms with Crippen LogP contribution in [-0.4, -0.2) is 90.5 Å². The molecule has 0 atom stereocenters. The van der Waals surface area contributed by atoms with E-state index in [2.05, 4.69) is 33.2 Å². The topological polar surface area (TPSA) is 159 Å². The van der Waals surface area contributed by atoms with Crippen LogP contribution in [0, 0.1) is 0 Å². The minimum atomic E-state index is -0.360. The minimum Gasteiger partial charge on any atom is -0.358 e. The van der Waals surface area contributed by atoms with Crippen molar-refractivity contribution in [1.29, 1.82) is 0 Å². The summed E-state index contributed by atoms with van der Waals surface area (Å²) < 4.78 is 1.91. The Kier molecular flexibility index (Phi) is 16.5. The number of unbranched alkanes of at least 4 members (excludes halogenated alkanes) is 6. The maximum Gasteiger partial charge on any atom is 0.239 e. The van der Waals surface area contributed by atoms with Crippen LogP contribution >= 0.6 is 0 Å². The van der Waals surface area contributed by atoms with Crippen LogP contribution in [0.15, 0.2) is 48.5 Å². The van der Waals surface area contributed by atoms with Crippen molar-refractivity contribution in [3.05, 3.63) is 54.1 Å². The van der Waals surface area contributed by atoms with Crippen molar-refractivity contribution in [1.82, 2.24) is 35.8 Å². The van der Waals surface area contributed by atoms with Crippen LogP contribution < -0.4 is 20.9 Å². The number of carbonyl (C=O) groups excluding carboxylic acids is 5. The second kappa shape index (κ2) is 21.5. The van der Waals surface area contributed by atoms with E-state index in [0.717, 1.165) is 53.8 Å². The number of anilines is 1. The highest BCUT2D eigenvalue weighted by Gasteiger charge is 2.29. The van der Waals surface area contributed by atoms with Gasteiger partial charge >= 0.3 is 0 Å². The van der Waals surface area contributed by atoms with Gasteiger partial charge < -0.3 is 25.8 Å². The molecule has 0 unspecified atom stereocenters. The van der Waals surface area contributed by atoms with E-state index >= 15 is 0 Å². The van der Waals surface area contributed by atoms with Crippen LogP contribution in [0.5, 0.6) is 0 Å². The first-order valence-electron chi connectivity index (χ1n) is 18.9. The highest BCUT2D eigenvalue weighted by atomic mass is 16.2. The van der Waals surface area contributed by atoms with Gasteiger partial charge in [0.15, 0.2) is 0 Å². The molecule has 2 radical (unpaired) electrons. The third kappa shape index (κ3) is 12.0. The Labute approximate surface area is 314 Å². The van der Waals surface area contributed by atoms with Crippen molar-refractivity contribution in [3.63, 3.8) is 0 Å². The SMILES string of the molecule is [B]CC(=O)N(CCNC(=O)CCCCCn1nnc2c1-c1ccccc1CN(C(=O)CCC(=O)NCCCCCCC)c1ccccc1-2)CC(=O)NC. The van der Waals surface area contributed by atoms with E-state index in [1.54, 1.807) is 4.90 Å². The van der Waals surface area contributed by atoms with E-state index in [0.29, 0.717) is 38.2 Å². The number of nitrogens with zero attached hydrogens (tertiary/aromatic N) is 5. The van der Waals surface area contributed by atoms with Crippen molar-refractivity contribution in [2.24, 2.45) is 0 Å². The number of aryl methyl sites for hydroxylation is 1. The molecule has 53 heavy (non-hydrogen) atoms. The van der Waals surface area contributed by atoms with Gasteiger partial charge in [-0.25, -0.2) is 4.68 Å². The molecule has 1 aromatic heterocycles. The van der Waals surface area contributed by atoms with Gasteiger partial charge in [-0.15, -0.1) is 5.10 Å². The third-order valence-electron chi connectivity index (χ3n) is 9.37. The lowest BCUT2D eigenvalue weighted by Crippen LogP contribution is -2.43. The molecule has 0 saturated carbocycles. The molecule has 0 spiro atoms. The zero-order valence-electron chi connectivity index (χ0n) is 31.2. The van der Waals surface area contributed by atoms with Gasteiger partial charge in [0.2, 0.25) is 29.5 Å². The molecule has 0 bridgehead atoms. The molecular formula is C39H53BN8O5.